The number of non-ortho nitro benzene ring substituents is 1. The van der Waals surface area contributed by atoms with Crippen LogP contribution in [0.3, 0.4) is 0 Å². The van der Waals surface area contributed by atoms with Crippen LogP contribution in [-0.2, 0) is 23.8 Å². The van der Waals surface area contributed by atoms with Crippen molar-refractivity contribution in [3.05, 3.63) is 134 Å². The minimum Gasteiger partial charge on any atom is -0.460 e. The first-order chi connectivity index (χ1) is 23.6. The molecule has 0 radical (unpaired) electrons. The van der Waals surface area contributed by atoms with E-state index in [0.717, 1.165) is 19.4 Å². The zero-order chi connectivity index (χ0) is 35.3. The fraction of sp³-hybridized carbons (Fsp3) is 0.385. The number of dihydropyridines is 1. The predicted octanol–water partition coefficient (Wildman–Crippen LogP) is 6.89. The van der Waals surface area contributed by atoms with Crippen molar-refractivity contribution in [2.24, 2.45) is 0 Å². The fourth-order valence-corrected chi connectivity index (χ4v) is 6.26. The van der Waals surface area contributed by atoms with Gasteiger partial charge in [-0.15, -0.1) is 0 Å². The molecule has 10 nitrogen and oxygen atoms in total. The van der Waals surface area contributed by atoms with E-state index in [4.69, 9.17) is 14.2 Å². The lowest BCUT2D eigenvalue weighted by Gasteiger charge is -2.31. The van der Waals surface area contributed by atoms with Gasteiger partial charge in [-0.3, -0.25) is 10.1 Å². The summed E-state index contributed by atoms with van der Waals surface area (Å²) in [6.07, 6.45) is 1.21. The lowest BCUT2D eigenvalue weighted by Crippen LogP contribution is -2.36. The molecule has 1 N–H and O–H groups in total. The van der Waals surface area contributed by atoms with Crippen LogP contribution in [0.5, 0.6) is 0 Å². The van der Waals surface area contributed by atoms with Gasteiger partial charge in [0.25, 0.3) is 5.69 Å². The number of carbonyl (C=O) groups is 2. The Morgan fingerprint density at radius 2 is 1.49 bits per heavy atom. The van der Waals surface area contributed by atoms with Crippen LogP contribution in [-0.4, -0.2) is 67.8 Å². The van der Waals surface area contributed by atoms with E-state index in [9.17, 15) is 19.7 Å². The number of allylic oxidation sites excluding steroid dienone is 2. The van der Waals surface area contributed by atoms with Gasteiger partial charge in [-0.2, -0.15) is 0 Å². The van der Waals surface area contributed by atoms with Gasteiger partial charge in [0.15, 0.2) is 0 Å². The number of ether oxygens (including phenoxy) is 3. The standard InChI is InChI=1S/C39H47N3O7/c1-6-22-47-23-24-48-38(43)35-28(3)40-29(4)36(37(35)32-18-13-19-33(25-32)42(45)46)39(44)49-27(2)26-41(5)21-20-34(30-14-9-7-10-15-30)31-16-11-8-12-17-31/h7-19,25,27,34,37,40H,6,20-24,26H2,1-5H3. The van der Waals surface area contributed by atoms with Crippen molar-refractivity contribution in [3.63, 3.8) is 0 Å². The van der Waals surface area contributed by atoms with Crippen LogP contribution in [0.25, 0.3) is 0 Å². The van der Waals surface area contributed by atoms with Crippen molar-refractivity contribution < 1.29 is 28.7 Å². The Hall–Kier alpha value is -4.80. The van der Waals surface area contributed by atoms with Gasteiger partial charge in [-0.1, -0.05) is 79.7 Å². The highest BCUT2D eigenvalue weighted by Gasteiger charge is 2.39. The Morgan fingerprint density at radius 1 is 0.878 bits per heavy atom. The molecule has 3 aromatic carbocycles. The summed E-state index contributed by atoms with van der Waals surface area (Å²) in [4.78, 5) is 40.8. The summed E-state index contributed by atoms with van der Waals surface area (Å²) < 4.78 is 17.0. The van der Waals surface area contributed by atoms with E-state index < -0.39 is 28.9 Å². The predicted molar refractivity (Wildman–Crippen MR) is 189 cm³/mol. The summed E-state index contributed by atoms with van der Waals surface area (Å²) in [5.74, 6) is -1.98. The van der Waals surface area contributed by atoms with Crippen LogP contribution in [0.2, 0.25) is 0 Å². The van der Waals surface area contributed by atoms with Crippen molar-refractivity contribution in [1.82, 2.24) is 10.2 Å². The first-order valence-electron chi connectivity index (χ1n) is 16.8. The molecule has 0 fully saturated rings. The molecule has 0 bridgehead atoms. The highest BCUT2D eigenvalue weighted by molar-refractivity contribution is 6.00. The summed E-state index contributed by atoms with van der Waals surface area (Å²) in [6.45, 7) is 9.31. The van der Waals surface area contributed by atoms with Crippen LogP contribution in [0.15, 0.2) is 107 Å². The number of esters is 2. The second-order valence-corrected chi connectivity index (χ2v) is 12.4. The quantitative estimate of drug-likeness (QED) is 0.0709. The zero-order valence-corrected chi connectivity index (χ0v) is 29.0. The maximum absolute atomic E-state index is 14.0. The minimum atomic E-state index is -0.944. The smallest absolute Gasteiger partial charge is 0.337 e. The number of likely N-dealkylation sites (N-methyl/N-ethyl adjacent to an activating group) is 1. The van der Waals surface area contributed by atoms with E-state index in [2.05, 4.69) is 58.7 Å². The largest absolute Gasteiger partial charge is 0.460 e. The third-order valence-corrected chi connectivity index (χ3v) is 8.50. The summed E-state index contributed by atoms with van der Waals surface area (Å²) in [7, 11) is 2.00. The number of nitro benzene ring substituents is 1. The molecule has 0 saturated carbocycles. The summed E-state index contributed by atoms with van der Waals surface area (Å²) in [6, 6.07) is 26.8. The molecule has 3 aromatic rings. The molecule has 0 spiro atoms. The second kappa shape index (κ2) is 18.1. The lowest BCUT2D eigenvalue weighted by molar-refractivity contribution is -0.384. The van der Waals surface area contributed by atoms with E-state index in [1.807, 2.05) is 33.0 Å². The molecular weight excluding hydrogens is 622 g/mol. The number of carbonyl (C=O) groups excluding carboxylic acids is 2. The number of benzene rings is 3. The van der Waals surface area contributed by atoms with Crippen LogP contribution < -0.4 is 5.32 Å². The monoisotopic (exact) mass is 669 g/mol. The van der Waals surface area contributed by atoms with Gasteiger partial charge >= 0.3 is 11.9 Å². The third kappa shape index (κ3) is 10.1. The van der Waals surface area contributed by atoms with Gasteiger partial charge in [0.1, 0.15) is 12.7 Å². The minimum absolute atomic E-state index is 0.0263. The Bertz CT molecular complexity index is 1600. The van der Waals surface area contributed by atoms with Gasteiger partial charge < -0.3 is 24.4 Å². The third-order valence-electron chi connectivity index (χ3n) is 8.50. The van der Waals surface area contributed by atoms with Gasteiger partial charge in [0.2, 0.25) is 0 Å². The van der Waals surface area contributed by atoms with Crippen molar-refractivity contribution in [3.8, 4) is 0 Å². The number of nitrogens with one attached hydrogen (secondary N) is 1. The van der Waals surface area contributed by atoms with Crippen molar-refractivity contribution in [2.45, 2.75) is 58.5 Å². The maximum Gasteiger partial charge on any atom is 0.337 e. The average molecular weight is 670 g/mol. The average Bonchev–Trinajstić information content (AvgIpc) is 3.08. The molecule has 10 heteroatoms. The van der Waals surface area contributed by atoms with Crippen LogP contribution in [0.4, 0.5) is 5.69 Å². The molecule has 4 rings (SSSR count). The Morgan fingerprint density at radius 3 is 2.08 bits per heavy atom. The van der Waals surface area contributed by atoms with Crippen molar-refractivity contribution in [1.29, 1.82) is 0 Å². The first kappa shape index (κ1) is 37.0. The molecular formula is C39H47N3O7. The van der Waals surface area contributed by atoms with Gasteiger partial charge in [0.05, 0.1) is 28.6 Å². The number of nitro groups is 1. The topological polar surface area (TPSA) is 120 Å². The number of hydrogen-bond donors (Lipinski definition) is 1. The Balaban J connectivity index is 1.50. The van der Waals surface area contributed by atoms with E-state index in [1.54, 1.807) is 26.0 Å². The first-order valence-corrected chi connectivity index (χ1v) is 16.8. The highest BCUT2D eigenvalue weighted by Crippen LogP contribution is 2.40. The number of nitrogens with zero attached hydrogens (tertiary/aromatic N) is 2. The maximum atomic E-state index is 14.0. The van der Waals surface area contributed by atoms with Gasteiger partial charge in [-0.05, 0) is 63.9 Å². The van der Waals surface area contributed by atoms with Crippen LogP contribution in [0, 0.1) is 10.1 Å². The Labute approximate surface area is 288 Å². The van der Waals surface area contributed by atoms with Crippen LogP contribution >= 0.6 is 0 Å². The number of hydrogen-bond acceptors (Lipinski definition) is 9. The Kier molecular flexibility index (Phi) is 13.7. The van der Waals surface area contributed by atoms with Gasteiger partial charge in [-0.25, -0.2) is 9.59 Å². The molecule has 2 atom stereocenters. The summed E-state index contributed by atoms with van der Waals surface area (Å²) in [5.41, 5.74) is 4.11. The lowest BCUT2D eigenvalue weighted by atomic mass is 9.80. The van der Waals surface area contributed by atoms with E-state index >= 15 is 0 Å². The molecule has 0 saturated heterocycles. The normalized spacial score (nSPS) is 15.3. The molecule has 2 unspecified atom stereocenters. The second-order valence-electron chi connectivity index (χ2n) is 12.4. The fourth-order valence-electron chi connectivity index (χ4n) is 6.26. The molecule has 260 valence electrons. The molecule has 0 amide bonds. The summed E-state index contributed by atoms with van der Waals surface area (Å²) in [5, 5.41) is 14.8. The van der Waals surface area contributed by atoms with Crippen molar-refractivity contribution >= 4 is 17.6 Å². The summed E-state index contributed by atoms with van der Waals surface area (Å²) >= 11 is 0. The zero-order valence-electron chi connectivity index (χ0n) is 29.0. The SMILES string of the molecule is CCCOCCOC(=O)C1=C(C)NC(C)=C(C(=O)OC(C)CN(C)CCC(c2ccccc2)c2ccccc2)C1c1cccc([N+](=O)[O-])c1. The number of rotatable bonds is 17. The highest BCUT2D eigenvalue weighted by atomic mass is 16.6. The van der Waals surface area contributed by atoms with E-state index in [0.29, 0.717) is 30.1 Å². The molecule has 0 aliphatic carbocycles. The van der Waals surface area contributed by atoms with Crippen molar-refractivity contribution in [2.75, 3.05) is 40.0 Å². The molecule has 49 heavy (non-hydrogen) atoms. The van der Waals surface area contributed by atoms with E-state index in [-0.39, 0.29) is 36.0 Å². The van der Waals surface area contributed by atoms with Gasteiger partial charge in [0, 0.05) is 42.6 Å². The molecule has 0 aromatic heterocycles. The molecule has 1 aliphatic rings. The van der Waals surface area contributed by atoms with Crippen LogP contribution in [0.1, 0.15) is 69.1 Å². The molecule has 1 aliphatic heterocycles. The molecule has 1 heterocycles. The van der Waals surface area contributed by atoms with E-state index in [1.165, 1.54) is 23.3 Å².